The van der Waals surface area contributed by atoms with Gasteiger partial charge in [-0.15, -0.1) is 0 Å². The zero-order valence-corrected chi connectivity index (χ0v) is 13.2. The molecule has 0 spiro atoms. The summed E-state index contributed by atoms with van der Waals surface area (Å²) in [6.07, 6.45) is 2.64. The van der Waals surface area contributed by atoms with Crippen molar-refractivity contribution in [3.8, 4) is 0 Å². The summed E-state index contributed by atoms with van der Waals surface area (Å²) in [7, 11) is 0. The number of aliphatic carboxylic acids is 1. The number of aryl methyl sites for hydroxylation is 1. The van der Waals surface area contributed by atoms with Crippen molar-refractivity contribution in [1.82, 2.24) is 14.7 Å². The Hall–Kier alpha value is -3.23. The van der Waals surface area contributed by atoms with Crippen LogP contribution in [0.2, 0.25) is 0 Å². The topological polar surface area (TPSA) is 119 Å². The average molecular weight is 344 g/mol. The van der Waals surface area contributed by atoms with E-state index < -0.39 is 16.9 Å². The Morgan fingerprint density at radius 1 is 1.32 bits per heavy atom. The Morgan fingerprint density at radius 3 is 2.68 bits per heavy atom. The Balaban J connectivity index is 1.71. The van der Waals surface area contributed by atoms with Gasteiger partial charge in [-0.1, -0.05) is 24.3 Å². The van der Waals surface area contributed by atoms with Gasteiger partial charge in [-0.05, 0) is 11.1 Å². The number of aromatic nitrogens is 2. The monoisotopic (exact) mass is 344 g/mol. The van der Waals surface area contributed by atoms with E-state index in [0.29, 0.717) is 0 Å². The highest BCUT2D eigenvalue weighted by Crippen LogP contribution is 2.24. The van der Waals surface area contributed by atoms with Crippen molar-refractivity contribution >= 4 is 17.6 Å². The highest BCUT2D eigenvalue weighted by Gasteiger charge is 2.34. The Morgan fingerprint density at radius 2 is 2.04 bits per heavy atom. The van der Waals surface area contributed by atoms with Crippen molar-refractivity contribution < 1.29 is 19.6 Å². The quantitative estimate of drug-likeness (QED) is 0.643. The van der Waals surface area contributed by atoms with Gasteiger partial charge in [0.05, 0.1) is 4.92 Å². The number of rotatable bonds is 5. The van der Waals surface area contributed by atoms with Crippen LogP contribution < -0.4 is 0 Å². The number of fused-ring (bicyclic) bond motifs is 1. The molecule has 0 fully saturated rings. The van der Waals surface area contributed by atoms with Crippen molar-refractivity contribution in [1.29, 1.82) is 0 Å². The third-order valence-electron chi connectivity index (χ3n) is 4.24. The number of nitro groups is 1. The average Bonchev–Trinajstić information content (AvgIpc) is 3.07. The van der Waals surface area contributed by atoms with Gasteiger partial charge < -0.3 is 10.0 Å². The molecule has 1 aliphatic rings. The molecule has 1 aromatic heterocycles. The van der Waals surface area contributed by atoms with Crippen LogP contribution in [-0.4, -0.2) is 42.6 Å². The second kappa shape index (κ2) is 6.71. The Labute approximate surface area is 142 Å². The number of nitrogens with zero attached hydrogens (tertiary/aromatic N) is 4. The summed E-state index contributed by atoms with van der Waals surface area (Å²) in [5.41, 5.74) is 1.72. The summed E-state index contributed by atoms with van der Waals surface area (Å²) in [4.78, 5) is 35.5. The number of carbonyl (C=O) groups is 2. The van der Waals surface area contributed by atoms with Crippen molar-refractivity contribution in [2.75, 3.05) is 0 Å². The predicted octanol–water partition coefficient (Wildman–Crippen LogP) is 1.22. The third kappa shape index (κ3) is 3.49. The number of carboxylic acid groups (broad SMARTS) is 1. The molecule has 0 saturated carbocycles. The molecule has 0 bridgehead atoms. The van der Waals surface area contributed by atoms with Crippen LogP contribution in [0.5, 0.6) is 0 Å². The molecular formula is C16H16N4O5. The highest BCUT2D eigenvalue weighted by atomic mass is 16.6. The van der Waals surface area contributed by atoms with Gasteiger partial charge in [-0.25, -0.2) is 4.79 Å². The summed E-state index contributed by atoms with van der Waals surface area (Å²) in [6.45, 7) is 0.391. The molecule has 1 amide bonds. The van der Waals surface area contributed by atoms with Crippen LogP contribution in [0.25, 0.3) is 0 Å². The summed E-state index contributed by atoms with van der Waals surface area (Å²) in [6, 6.07) is 6.54. The van der Waals surface area contributed by atoms with Crippen molar-refractivity contribution in [3.63, 3.8) is 0 Å². The van der Waals surface area contributed by atoms with Gasteiger partial charge in [-0.2, -0.15) is 5.10 Å². The number of carboxylic acids is 1. The smallest absolute Gasteiger partial charge is 0.326 e. The van der Waals surface area contributed by atoms with Crippen LogP contribution in [0, 0.1) is 10.1 Å². The lowest BCUT2D eigenvalue weighted by Gasteiger charge is -2.34. The minimum atomic E-state index is -1.04. The van der Waals surface area contributed by atoms with E-state index in [1.165, 1.54) is 15.8 Å². The lowest BCUT2D eigenvalue weighted by atomic mass is 9.93. The maximum Gasteiger partial charge on any atom is 0.326 e. The van der Waals surface area contributed by atoms with E-state index in [1.807, 2.05) is 24.3 Å². The SMILES string of the molecule is O=C(O)C1Cc2ccccc2CN1C(=O)CCn1cc([N+](=O)[O-])cn1. The molecule has 130 valence electrons. The van der Waals surface area contributed by atoms with Crippen molar-refractivity contribution in [2.24, 2.45) is 0 Å². The maximum absolute atomic E-state index is 12.5. The highest BCUT2D eigenvalue weighted by molar-refractivity contribution is 5.84. The van der Waals surface area contributed by atoms with Crippen LogP contribution in [0.3, 0.4) is 0 Å². The predicted molar refractivity (Wildman–Crippen MR) is 85.6 cm³/mol. The van der Waals surface area contributed by atoms with E-state index in [4.69, 9.17) is 0 Å². The second-order valence-corrected chi connectivity index (χ2v) is 5.82. The minimum Gasteiger partial charge on any atom is -0.480 e. The molecule has 1 unspecified atom stereocenters. The Kier molecular flexibility index (Phi) is 4.46. The largest absolute Gasteiger partial charge is 0.480 e. The van der Waals surface area contributed by atoms with Crippen LogP contribution in [0.4, 0.5) is 5.69 Å². The molecule has 1 atom stereocenters. The number of amides is 1. The van der Waals surface area contributed by atoms with Gasteiger partial charge in [0.1, 0.15) is 18.4 Å². The minimum absolute atomic E-state index is 0.0186. The molecule has 2 aromatic rings. The van der Waals surface area contributed by atoms with E-state index >= 15 is 0 Å². The fourth-order valence-electron chi connectivity index (χ4n) is 2.93. The number of carbonyl (C=O) groups excluding carboxylic acids is 1. The molecule has 1 aliphatic heterocycles. The van der Waals surface area contributed by atoms with Gasteiger partial charge in [-0.3, -0.25) is 19.6 Å². The molecule has 1 aromatic carbocycles. The van der Waals surface area contributed by atoms with Gasteiger partial charge in [0.15, 0.2) is 0 Å². The van der Waals surface area contributed by atoms with Gasteiger partial charge in [0.2, 0.25) is 5.91 Å². The normalized spacial score (nSPS) is 16.3. The first-order chi connectivity index (χ1) is 12.0. The third-order valence-corrected chi connectivity index (χ3v) is 4.24. The molecule has 3 rings (SSSR count). The van der Waals surface area contributed by atoms with E-state index in [1.54, 1.807) is 0 Å². The Bertz CT molecular complexity index is 831. The first kappa shape index (κ1) is 16.6. The molecule has 0 aliphatic carbocycles. The van der Waals surface area contributed by atoms with E-state index in [0.717, 1.165) is 17.3 Å². The van der Waals surface area contributed by atoms with Crippen molar-refractivity contribution in [2.45, 2.75) is 32.0 Å². The van der Waals surface area contributed by atoms with Gasteiger partial charge in [0, 0.05) is 25.9 Å². The van der Waals surface area contributed by atoms with Gasteiger partial charge in [0.25, 0.3) is 0 Å². The molecule has 0 saturated heterocycles. The zero-order chi connectivity index (χ0) is 18.0. The van der Waals surface area contributed by atoms with Crippen LogP contribution in [0.15, 0.2) is 36.7 Å². The molecule has 1 N–H and O–H groups in total. The van der Waals surface area contributed by atoms with Gasteiger partial charge >= 0.3 is 11.7 Å². The molecule has 2 heterocycles. The molecule has 9 nitrogen and oxygen atoms in total. The summed E-state index contributed by atoms with van der Waals surface area (Å²) in [5.74, 6) is -1.36. The fourth-order valence-corrected chi connectivity index (χ4v) is 2.93. The van der Waals surface area contributed by atoms with E-state index in [2.05, 4.69) is 5.10 Å². The van der Waals surface area contributed by atoms with Crippen LogP contribution >= 0.6 is 0 Å². The first-order valence-electron chi connectivity index (χ1n) is 7.71. The summed E-state index contributed by atoms with van der Waals surface area (Å²) in [5, 5.41) is 23.9. The molecule has 25 heavy (non-hydrogen) atoms. The standard InChI is InChI=1S/C16H16N4O5/c21-15(5-6-18-10-13(8-17-18)20(24)25)19-9-12-4-2-1-3-11(12)7-14(19)16(22)23/h1-4,8,10,14H,5-7,9H2,(H,22,23). The van der Waals surface area contributed by atoms with Crippen LogP contribution in [-0.2, 0) is 29.1 Å². The lowest BCUT2D eigenvalue weighted by Crippen LogP contribution is -2.48. The lowest BCUT2D eigenvalue weighted by molar-refractivity contribution is -0.385. The number of benzene rings is 1. The number of hydrogen-bond donors (Lipinski definition) is 1. The summed E-state index contributed by atoms with van der Waals surface area (Å²) >= 11 is 0. The number of hydrogen-bond acceptors (Lipinski definition) is 5. The maximum atomic E-state index is 12.5. The zero-order valence-electron chi connectivity index (χ0n) is 13.2. The molecule has 9 heteroatoms. The second-order valence-electron chi connectivity index (χ2n) is 5.82. The van der Waals surface area contributed by atoms with Crippen LogP contribution in [0.1, 0.15) is 17.5 Å². The van der Waals surface area contributed by atoms with E-state index in [9.17, 15) is 24.8 Å². The molecule has 0 radical (unpaired) electrons. The molecular weight excluding hydrogens is 328 g/mol. The fraction of sp³-hybridized carbons (Fsp3) is 0.312. The van der Waals surface area contributed by atoms with E-state index in [-0.39, 0.29) is 37.5 Å². The first-order valence-corrected chi connectivity index (χ1v) is 7.71. The van der Waals surface area contributed by atoms with Crippen molar-refractivity contribution in [3.05, 3.63) is 57.9 Å². The summed E-state index contributed by atoms with van der Waals surface area (Å²) < 4.78 is 1.31.